The molecule has 28 heavy (non-hydrogen) atoms. The molecule has 3 aromatic rings. The molecule has 0 saturated carbocycles. The summed E-state index contributed by atoms with van der Waals surface area (Å²) in [4.78, 5) is 19.5. The van der Waals surface area contributed by atoms with Gasteiger partial charge in [0.2, 0.25) is 0 Å². The van der Waals surface area contributed by atoms with Crippen molar-refractivity contribution in [3.05, 3.63) is 47.5 Å². The van der Waals surface area contributed by atoms with E-state index < -0.39 is 0 Å². The van der Waals surface area contributed by atoms with Crippen LogP contribution in [0.25, 0.3) is 5.82 Å². The fourth-order valence-electron chi connectivity index (χ4n) is 2.41. The van der Waals surface area contributed by atoms with Crippen LogP contribution in [0.5, 0.6) is 6.01 Å². The molecule has 0 atom stereocenters. The van der Waals surface area contributed by atoms with Crippen LogP contribution in [-0.2, 0) is 4.79 Å². The molecule has 0 saturated heterocycles. The zero-order chi connectivity index (χ0) is 19.9. The van der Waals surface area contributed by atoms with Gasteiger partial charge >= 0.3 is 6.01 Å². The van der Waals surface area contributed by atoms with E-state index in [4.69, 9.17) is 4.74 Å². The van der Waals surface area contributed by atoms with E-state index in [-0.39, 0.29) is 18.5 Å². The maximum absolute atomic E-state index is 11.7. The van der Waals surface area contributed by atoms with Crippen molar-refractivity contribution in [3.8, 4) is 11.8 Å². The molecule has 0 radical (unpaired) electrons. The van der Waals surface area contributed by atoms with Gasteiger partial charge in [-0.1, -0.05) is 0 Å². The Balaban J connectivity index is 1.41. The van der Waals surface area contributed by atoms with E-state index in [2.05, 4.69) is 35.9 Å². The Kier molecular flexibility index (Phi) is 6.10. The molecule has 0 aliphatic heterocycles. The minimum atomic E-state index is -0.254. The van der Waals surface area contributed by atoms with E-state index in [1.54, 1.807) is 23.1 Å². The fourth-order valence-corrected chi connectivity index (χ4v) is 2.41. The van der Waals surface area contributed by atoms with E-state index in [1.807, 2.05) is 32.9 Å². The zero-order valence-electron chi connectivity index (χ0n) is 16.0. The van der Waals surface area contributed by atoms with Gasteiger partial charge in [0.15, 0.2) is 12.4 Å². The molecule has 3 aromatic heterocycles. The maximum Gasteiger partial charge on any atom is 0.316 e. The van der Waals surface area contributed by atoms with Crippen LogP contribution in [0.3, 0.4) is 0 Å². The minimum Gasteiger partial charge on any atom is -0.453 e. The second-order valence-corrected chi connectivity index (χ2v) is 6.08. The quantitative estimate of drug-likeness (QED) is 0.553. The smallest absolute Gasteiger partial charge is 0.316 e. The van der Waals surface area contributed by atoms with Crippen molar-refractivity contribution in [2.24, 2.45) is 0 Å². The Morgan fingerprint density at radius 3 is 2.54 bits per heavy atom. The lowest BCUT2D eigenvalue weighted by atomic mass is 10.2. The number of nitrogens with one attached hydrogen (secondary N) is 2. The summed E-state index contributed by atoms with van der Waals surface area (Å²) in [5.74, 6) is 1.02. The number of nitrogens with zero attached hydrogens (tertiary/aromatic N) is 6. The Morgan fingerprint density at radius 1 is 1.11 bits per heavy atom. The maximum atomic E-state index is 11.7. The summed E-state index contributed by atoms with van der Waals surface area (Å²) >= 11 is 0. The van der Waals surface area contributed by atoms with Crippen molar-refractivity contribution < 1.29 is 9.53 Å². The molecule has 3 heterocycles. The molecule has 0 unspecified atom stereocenters. The predicted octanol–water partition coefficient (Wildman–Crippen LogP) is 0.985. The molecule has 10 nitrogen and oxygen atoms in total. The molecule has 0 aliphatic carbocycles. The van der Waals surface area contributed by atoms with Gasteiger partial charge in [0.25, 0.3) is 5.91 Å². The van der Waals surface area contributed by atoms with Crippen molar-refractivity contribution in [1.29, 1.82) is 0 Å². The molecule has 0 aromatic carbocycles. The first-order chi connectivity index (χ1) is 13.5. The van der Waals surface area contributed by atoms with Crippen molar-refractivity contribution in [1.82, 2.24) is 35.3 Å². The van der Waals surface area contributed by atoms with Gasteiger partial charge in [0.05, 0.1) is 5.69 Å². The van der Waals surface area contributed by atoms with E-state index >= 15 is 0 Å². The number of hydrogen-bond acceptors (Lipinski definition) is 8. The van der Waals surface area contributed by atoms with Crippen molar-refractivity contribution in [2.45, 2.75) is 20.8 Å². The van der Waals surface area contributed by atoms with Crippen molar-refractivity contribution in [3.63, 3.8) is 0 Å². The highest BCUT2D eigenvalue weighted by molar-refractivity contribution is 5.77. The lowest BCUT2D eigenvalue weighted by Gasteiger charge is -2.08. The molecule has 0 fully saturated rings. The largest absolute Gasteiger partial charge is 0.453 e. The Labute approximate surface area is 162 Å². The van der Waals surface area contributed by atoms with Gasteiger partial charge in [-0.2, -0.15) is 5.10 Å². The van der Waals surface area contributed by atoms with Crippen LogP contribution in [0, 0.1) is 20.8 Å². The number of anilines is 1. The topological polar surface area (TPSA) is 120 Å². The van der Waals surface area contributed by atoms with Crippen LogP contribution in [-0.4, -0.2) is 55.5 Å². The number of amides is 1. The fraction of sp³-hybridized carbons (Fsp3) is 0.333. The van der Waals surface area contributed by atoms with Crippen LogP contribution >= 0.6 is 0 Å². The molecular formula is C18H22N8O2. The summed E-state index contributed by atoms with van der Waals surface area (Å²) in [6, 6.07) is 5.52. The second kappa shape index (κ2) is 8.89. The van der Waals surface area contributed by atoms with Crippen LogP contribution < -0.4 is 15.4 Å². The second-order valence-electron chi connectivity index (χ2n) is 6.08. The van der Waals surface area contributed by atoms with Gasteiger partial charge in [0, 0.05) is 31.2 Å². The molecule has 3 rings (SSSR count). The summed E-state index contributed by atoms with van der Waals surface area (Å²) in [7, 11) is 0. The van der Waals surface area contributed by atoms with Gasteiger partial charge < -0.3 is 15.4 Å². The van der Waals surface area contributed by atoms with Crippen LogP contribution in [0.1, 0.15) is 17.0 Å². The summed E-state index contributed by atoms with van der Waals surface area (Å²) in [5, 5.41) is 18.7. The lowest BCUT2D eigenvalue weighted by molar-refractivity contribution is -0.123. The van der Waals surface area contributed by atoms with Crippen molar-refractivity contribution in [2.75, 3.05) is 25.0 Å². The summed E-state index contributed by atoms with van der Waals surface area (Å²) in [5.41, 5.74) is 3.15. The first-order valence-corrected chi connectivity index (χ1v) is 8.82. The molecule has 2 N–H and O–H groups in total. The highest BCUT2D eigenvalue weighted by Crippen LogP contribution is 2.15. The molecule has 0 aliphatic rings. The molecule has 1 amide bonds. The normalized spacial score (nSPS) is 10.5. The standard InChI is InChI=1S/C18H22N8O2/c1-12-13(2)25-26(14(12)3)16-6-5-15(23-24-16)19-9-10-20-17(27)11-28-18-21-7-4-8-22-18/h4-8H,9-11H2,1-3H3,(H,19,23)(H,20,27). The first-order valence-electron chi connectivity index (χ1n) is 8.82. The van der Waals surface area contributed by atoms with Crippen LogP contribution in [0.15, 0.2) is 30.6 Å². The van der Waals surface area contributed by atoms with Gasteiger partial charge in [-0.25, -0.2) is 14.6 Å². The van der Waals surface area contributed by atoms with E-state index in [9.17, 15) is 4.79 Å². The molecule has 146 valence electrons. The minimum absolute atomic E-state index is 0.138. The van der Waals surface area contributed by atoms with Crippen LogP contribution in [0.2, 0.25) is 0 Å². The summed E-state index contributed by atoms with van der Waals surface area (Å²) in [6.07, 6.45) is 3.10. The number of carbonyl (C=O) groups is 1. The average molecular weight is 382 g/mol. The van der Waals surface area contributed by atoms with Gasteiger partial charge in [-0.3, -0.25) is 4.79 Å². The molecular weight excluding hydrogens is 360 g/mol. The van der Waals surface area contributed by atoms with E-state index in [1.165, 1.54) is 0 Å². The molecule has 0 bridgehead atoms. The Hall–Kier alpha value is -3.56. The lowest BCUT2D eigenvalue weighted by Crippen LogP contribution is -2.33. The van der Waals surface area contributed by atoms with Gasteiger partial charge in [0.1, 0.15) is 5.82 Å². The predicted molar refractivity (Wildman–Crippen MR) is 102 cm³/mol. The number of rotatable bonds is 8. The average Bonchev–Trinajstić information content (AvgIpc) is 2.98. The third kappa shape index (κ3) is 4.78. The SMILES string of the molecule is Cc1nn(-c2ccc(NCCNC(=O)COc3ncccn3)nn2)c(C)c1C. The third-order valence-electron chi connectivity index (χ3n) is 4.15. The first kappa shape index (κ1) is 19.2. The monoisotopic (exact) mass is 382 g/mol. The third-order valence-corrected chi connectivity index (χ3v) is 4.15. The number of ether oxygens (including phenoxy) is 1. The van der Waals surface area contributed by atoms with Crippen LogP contribution in [0.4, 0.5) is 5.82 Å². The number of hydrogen-bond donors (Lipinski definition) is 2. The summed E-state index contributed by atoms with van der Waals surface area (Å²) < 4.78 is 6.95. The number of aromatic nitrogens is 6. The summed E-state index contributed by atoms with van der Waals surface area (Å²) in [6.45, 7) is 6.77. The van der Waals surface area contributed by atoms with Gasteiger partial charge in [-0.15, -0.1) is 10.2 Å². The van der Waals surface area contributed by atoms with E-state index in [0.29, 0.717) is 24.7 Å². The zero-order valence-corrected chi connectivity index (χ0v) is 16.0. The highest BCUT2D eigenvalue weighted by Gasteiger charge is 2.10. The highest BCUT2D eigenvalue weighted by atomic mass is 16.5. The van der Waals surface area contributed by atoms with Crippen molar-refractivity contribution >= 4 is 11.7 Å². The number of aryl methyl sites for hydroxylation is 1. The molecule has 0 spiro atoms. The Bertz CT molecular complexity index is 925. The van der Waals surface area contributed by atoms with E-state index in [0.717, 1.165) is 17.0 Å². The Morgan fingerprint density at radius 2 is 1.89 bits per heavy atom. The number of carbonyl (C=O) groups excluding carboxylic acids is 1. The van der Waals surface area contributed by atoms with Gasteiger partial charge in [-0.05, 0) is 44.5 Å². The molecule has 10 heteroatoms.